The van der Waals surface area contributed by atoms with Gasteiger partial charge in [0.15, 0.2) is 11.5 Å². The lowest BCUT2D eigenvalue weighted by atomic mass is 10.0. The van der Waals surface area contributed by atoms with E-state index in [1.807, 2.05) is 64.1 Å². The van der Waals surface area contributed by atoms with E-state index in [-0.39, 0.29) is 31.7 Å². The fraction of sp³-hybridized carbons (Fsp3) is 0.300. The van der Waals surface area contributed by atoms with Gasteiger partial charge in [0, 0.05) is 22.7 Å². The van der Waals surface area contributed by atoms with Gasteiger partial charge in [0.25, 0.3) is 0 Å². The number of aromatic nitrogens is 4. The van der Waals surface area contributed by atoms with E-state index in [4.69, 9.17) is 21.1 Å². The molecular weight excluding hydrogens is 544 g/mol. The minimum atomic E-state index is -0.968. The summed E-state index contributed by atoms with van der Waals surface area (Å²) in [6.07, 6.45) is 0. The molecule has 11 heteroatoms. The molecule has 1 aliphatic heterocycles. The first-order valence-corrected chi connectivity index (χ1v) is 13.5. The summed E-state index contributed by atoms with van der Waals surface area (Å²) in [6, 6.07) is 19.1. The summed E-state index contributed by atoms with van der Waals surface area (Å²) in [5.41, 5.74) is 2.73. The van der Waals surface area contributed by atoms with Crippen LogP contribution in [0.15, 0.2) is 66.7 Å². The van der Waals surface area contributed by atoms with Gasteiger partial charge >= 0.3 is 0 Å². The lowest BCUT2D eigenvalue weighted by Gasteiger charge is -2.33. The van der Waals surface area contributed by atoms with Crippen LogP contribution in [0.25, 0.3) is 11.4 Å². The number of carbonyl (C=O) groups excluding carboxylic acids is 2. The summed E-state index contributed by atoms with van der Waals surface area (Å²) < 4.78 is 11.0. The first-order valence-electron chi connectivity index (χ1n) is 13.2. The highest BCUT2D eigenvalue weighted by molar-refractivity contribution is 6.30. The largest absolute Gasteiger partial charge is 0.454 e. The SMILES string of the molecule is Cc1ccc(-c2nnn(CC(=O)N(Cc3ccc4c(c3)OCO4)[C@@H](C(=O)NC(C)(C)C)c3ccc(Cl)cc3)n2)cc1. The number of fused-ring (bicyclic) bond motifs is 1. The van der Waals surface area contributed by atoms with Crippen LogP contribution in [0.1, 0.15) is 43.5 Å². The van der Waals surface area contributed by atoms with E-state index in [2.05, 4.69) is 20.7 Å². The van der Waals surface area contributed by atoms with Gasteiger partial charge in [0.2, 0.25) is 24.4 Å². The zero-order chi connectivity index (χ0) is 29.1. The molecule has 0 saturated carbocycles. The second-order valence-electron chi connectivity index (χ2n) is 10.9. The predicted octanol–water partition coefficient (Wildman–Crippen LogP) is 4.72. The number of tetrazole rings is 1. The number of aryl methyl sites for hydroxylation is 1. The van der Waals surface area contributed by atoms with E-state index in [0.29, 0.717) is 27.9 Å². The number of halogens is 1. The van der Waals surface area contributed by atoms with Crippen LogP contribution >= 0.6 is 11.6 Å². The summed E-state index contributed by atoms with van der Waals surface area (Å²) >= 11 is 6.16. The first kappa shape index (κ1) is 28.1. The maximum Gasteiger partial charge on any atom is 0.247 e. The molecule has 0 spiro atoms. The average Bonchev–Trinajstić information content (AvgIpc) is 3.58. The minimum Gasteiger partial charge on any atom is -0.454 e. The quantitative estimate of drug-likeness (QED) is 0.324. The lowest BCUT2D eigenvalue weighted by molar-refractivity contribution is -0.143. The molecule has 0 aliphatic carbocycles. The van der Waals surface area contributed by atoms with Gasteiger partial charge in [-0.2, -0.15) is 4.80 Å². The predicted molar refractivity (Wildman–Crippen MR) is 153 cm³/mol. The molecule has 4 aromatic rings. The Morgan fingerprint density at radius 2 is 1.73 bits per heavy atom. The maximum atomic E-state index is 14.0. The topological polar surface area (TPSA) is 111 Å². The minimum absolute atomic E-state index is 0.111. The third kappa shape index (κ3) is 6.83. The van der Waals surface area contributed by atoms with Crippen LogP contribution in [-0.2, 0) is 22.7 Å². The zero-order valence-electron chi connectivity index (χ0n) is 23.3. The molecular formula is C30H31ClN6O4. The van der Waals surface area contributed by atoms with Crippen molar-refractivity contribution in [3.63, 3.8) is 0 Å². The van der Waals surface area contributed by atoms with Gasteiger partial charge in [-0.3, -0.25) is 9.59 Å². The number of nitrogens with zero attached hydrogens (tertiary/aromatic N) is 5. The van der Waals surface area contributed by atoms with Gasteiger partial charge in [-0.15, -0.1) is 10.2 Å². The smallest absolute Gasteiger partial charge is 0.247 e. The van der Waals surface area contributed by atoms with Crippen molar-refractivity contribution in [1.82, 2.24) is 30.4 Å². The van der Waals surface area contributed by atoms with Crippen molar-refractivity contribution in [1.29, 1.82) is 0 Å². The molecule has 0 bridgehead atoms. The number of carbonyl (C=O) groups is 2. The summed E-state index contributed by atoms with van der Waals surface area (Å²) in [5.74, 6) is 0.903. The molecule has 3 aromatic carbocycles. The van der Waals surface area contributed by atoms with E-state index < -0.39 is 11.6 Å². The second kappa shape index (κ2) is 11.6. The van der Waals surface area contributed by atoms with Crippen molar-refractivity contribution < 1.29 is 19.1 Å². The van der Waals surface area contributed by atoms with E-state index in [1.165, 1.54) is 9.70 Å². The van der Waals surface area contributed by atoms with Crippen LogP contribution in [0.2, 0.25) is 5.02 Å². The van der Waals surface area contributed by atoms with E-state index >= 15 is 0 Å². The van der Waals surface area contributed by atoms with Crippen LogP contribution in [0.4, 0.5) is 0 Å². The fourth-order valence-corrected chi connectivity index (χ4v) is 4.58. The van der Waals surface area contributed by atoms with Crippen LogP contribution in [0.3, 0.4) is 0 Å². The van der Waals surface area contributed by atoms with Crippen LogP contribution in [-0.4, -0.2) is 49.3 Å². The normalized spacial score (nSPS) is 13.1. The van der Waals surface area contributed by atoms with Crippen LogP contribution < -0.4 is 14.8 Å². The van der Waals surface area contributed by atoms with Crippen molar-refractivity contribution in [2.24, 2.45) is 0 Å². The first-order chi connectivity index (χ1) is 19.6. The lowest BCUT2D eigenvalue weighted by Crippen LogP contribution is -2.49. The summed E-state index contributed by atoms with van der Waals surface area (Å²) in [7, 11) is 0. The van der Waals surface area contributed by atoms with Crippen molar-refractivity contribution in [3.05, 3.63) is 88.4 Å². The fourth-order valence-electron chi connectivity index (χ4n) is 4.46. The van der Waals surface area contributed by atoms with Crippen LogP contribution in [0.5, 0.6) is 11.5 Å². The number of rotatable bonds is 8. The van der Waals surface area contributed by atoms with Gasteiger partial charge < -0.3 is 19.7 Å². The molecule has 0 fully saturated rings. The summed E-state index contributed by atoms with van der Waals surface area (Å²) in [5, 5.41) is 16.2. The standard InChI is InChI=1S/C30H31ClN6O4/c1-19-5-8-22(9-6-19)28-33-35-37(34-28)17-26(38)36(16-20-7-14-24-25(15-20)41-18-40-24)27(29(39)32-30(2,3)4)21-10-12-23(31)13-11-21/h5-15,27H,16-18H2,1-4H3,(H,32,39)/t27-/m1/s1. The van der Waals surface area contributed by atoms with Gasteiger partial charge in [-0.05, 0) is 68.3 Å². The third-order valence-electron chi connectivity index (χ3n) is 6.39. The molecule has 1 atom stereocenters. The molecule has 0 radical (unpaired) electrons. The van der Waals surface area contributed by atoms with Crippen molar-refractivity contribution in [2.75, 3.05) is 6.79 Å². The van der Waals surface area contributed by atoms with Gasteiger partial charge in [-0.1, -0.05) is 59.6 Å². The summed E-state index contributed by atoms with van der Waals surface area (Å²) in [6.45, 7) is 7.67. The molecule has 10 nitrogen and oxygen atoms in total. The molecule has 41 heavy (non-hydrogen) atoms. The Balaban J connectivity index is 1.50. The molecule has 1 aliphatic rings. The molecule has 212 valence electrons. The van der Waals surface area contributed by atoms with Gasteiger partial charge in [0.05, 0.1) is 0 Å². The number of hydrogen-bond acceptors (Lipinski definition) is 7. The third-order valence-corrected chi connectivity index (χ3v) is 6.65. The van der Waals surface area contributed by atoms with Crippen LogP contribution in [0, 0.1) is 6.92 Å². The zero-order valence-corrected chi connectivity index (χ0v) is 24.1. The number of hydrogen-bond donors (Lipinski definition) is 1. The van der Waals surface area contributed by atoms with E-state index in [9.17, 15) is 9.59 Å². The molecule has 0 saturated heterocycles. The number of nitrogens with one attached hydrogen (secondary N) is 1. The Kier molecular flexibility index (Phi) is 7.94. The molecule has 5 rings (SSSR count). The Morgan fingerprint density at radius 3 is 2.44 bits per heavy atom. The molecule has 1 N–H and O–H groups in total. The molecule has 0 unspecified atom stereocenters. The highest BCUT2D eigenvalue weighted by Gasteiger charge is 2.34. The van der Waals surface area contributed by atoms with Gasteiger partial charge in [-0.25, -0.2) is 0 Å². The molecule has 2 heterocycles. The number of benzene rings is 3. The highest BCUT2D eigenvalue weighted by atomic mass is 35.5. The Bertz CT molecular complexity index is 1550. The van der Waals surface area contributed by atoms with E-state index in [0.717, 1.165) is 16.7 Å². The highest BCUT2D eigenvalue weighted by Crippen LogP contribution is 2.34. The monoisotopic (exact) mass is 574 g/mol. The van der Waals surface area contributed by atoms with Crippen molar-refractivity contribution in [3.8, 4) is 22.9 Å². The second-order valence-corrected chi connectivity index (χ2v) is 11.3. The Hall–Kier alpha value is -4.44. The average molecular weight is 575 g/mol. The van der Waals surface area contributed by atoms with E-state index in [1.54, 1.807) is 30.3 Å². The molecule has 1 aromatic heterocycles. The van der Waals surface area contributed by atoms with Crippen molar-refractivity contribution >= 4 is 23.4 Å². The van der Waals surface area contributed by atoms with Crippen molar-refractivity contribution in [2.45, 2.75) is 52.4 Å². The summed E-state index contributed by atoms with van der Waals surface area (Å²) in [4.78, 5) is 30.6. The van der Waals surface area contributed by atoms with Gasteiger partial charge in [0.1, 0.15) is 12.6 Å². The number of ether oxygens (including phenoxy) is 2. The molecule has 2 amide bonds. The Morgan fingerprint density at radius 1 is 1.02 bits per heavy atom. The Labute approximate surface area is 243 Å². The maximum absolute atomic E-state index is 14.0. The number of amides is 2.